The van der Waals surface area contributed by atoms with Crippen LogP contribution < -0.4 is 0 Å². The van der Waals surface area contributed by atoms with Crippen molar-refractivity contribution in [3.05, 3.63) is 0 Å². The second-order valence-electron chi connectivity index (χ2n) is 3.77. The van der Waals surface area contributed by atoms with Crippen molar-refractivity contribution in [1.82, 2.24) is 4.90 Å². The van der Waals surface area contributed by atoms with Gasteiger partial charge in [-0.1, -0.05) is 0 Å². The van der Waals surface area contributed by atoms with Gasteiger partial charge in [0.2, 0.25) is 0 Å². The van der Waals surface area contributed by atoms with Gasteiger partial charge in [-0.05, 0) is 6.42 Å². The highest BCUT2D eigenvalue weighted by Crippen LogP contribution is 2.12. The first kappa shape index (κ1) is 10.7. The fourth-order valence-corrected chi connectivity index (χ4v) is 2.79. The summed E-state index contributed by atoms with van der Waals surface area (Å²) in [6, 6.07) is 0. The molecule has 82 valence electrons. The molecule has 2 heterocycles. The predicted molar refractivity (Wildman–Crippen MR) is 58.7 cm³/mol. The fraction of sp³-hybridized carbons (Fsp3) is 1.00. The molecule has 2 fully saturated rings. The van der Waals surface area contributed by atoms with Gasteiger partial charge in [0.05, 0.1) is 13.2 Å². The van der Waals surface area contributed by atoms with Gasteiger partial charge >= 0.3 is 0 Å². The van der Waals surface area contributed by atoms with Crippen LogP contribution in [0.3, 0.4) is 0 Å². The Morgan fingerprint density at radius 1 is 1.14 bits per heavy atom. The number of nitrogens with zero attached hydrogens (tertiary/aromatic N) is 1. The van der Waals surface area contributed by atoms with E-state index in [2.05, 4.69) is 16.7 Å². The summed E-state index contributed by atoms with van der Waals surface area (Å²) in [5.74, 6) is 2.57. The van der Waals surface area contributed by atoms with Gasteiger partial charge in [-0.15, -0.1) is 0 Å². The van der Waals surface area contributed by atoms with Gasteiger partial charge in [0, 0.05) is 37.6 Å². The molecule has 0 aromatic carbocycles. The summed E-state index contributed by atoms with van der Waals surface area (Å²) in [5.41, 5.74) is 0. The predicted octanol–water partition coefficient (Wildman–Crippen LogP) is 1.19. The molecular formula is C10H19NO2S. The summed E-state index contributed by atoms with van der Waals surface area (Å²) < 4.78 is 11.0. The lowest BCUT2D eigenvalue weighted by Gasteiger charge is -2.29. The van der Waals surface area contributed by atoms with E-state index in [1.165, 1.54) is 24.6 Å². The van der Waals surface area contributed by atoms with Gasteiger partial charge in [-0.2, -0.15) is 11.8 Å². The summed E-state index contributed by atoms with van der Waals surface area (Å²) in [6.07, 6.45) is 2.15. The van der Waals surface area contributed by atoms with Crippen molar-refractivity contribution in [1.29, 1.82) is 0 Å². The van der Waals surface area contributed by atoms with Crippen LogP contribution in [0.15, 0.2) is 0 Å². The number of ether oxygens (including phenoxy) is 2. The lowest BCUT2D eigenvalue weighted by Crippen LogP contribution is -2.36. The Morgan fingerprint density at radius 2 is 1.86 bits per heavy atom. The smallest absolute Gasteiger partial charge is 0.158 e. The van der Waals surface area contributed by atoms with Gasteiger partial charge in [0.25, 0.3) is 0 Å². The van der Waals surface area contributed by atoms with Crippen molar-refractivity contribution in [2.75, 3.05) is 44.4 Å². The van der Waals surface area contributed by atoms with E-state index in [1.807, 2.05) is 0 Å². The Morgan fingerprint density at radius 3 is 2.57 bits per heavy atom. The molecule has 3 nitrogen and oxygen atoms in total. The molecule has 0 atom stereocenters. The Bertz CT molecular complexity index is 138. The third-order valence-electron chi connectivity index (χ3n) is 2.68. The fourth-order valence-electron chi connectivity index (χ4n) is 1.82. The first-order valence-electron chi connectivity index (χ1n) is 5.48. The monoisotopic (exact) mass is 217 g/mol. The Hall–Kier alpha value is 0.230. The topological polar surface area (TPSA) is 21.7 Å². The van der Waals surface area contributed by atoms with Crippen LogP contribution in [-0.2, 0) is 9.47 Å². The second-order valence-corrected chi connectivity index (χ2v) is 4.99. The van der Waals surface area contributed by atoms with E-state index < -0.39 is 0 Å². The number of hydrogen-bond acceptors (Lipinski definition) is 4. The summed E-state index contributed by atoms with van der Waals surface area (Å²) in [6.45, 7) is 5.35. The van der Waals surface area contributed by atoms with Crippen LogP contribution in [0.25, 0.3) is 0 Å². The molecular weight excluding hydrogens is 198 g/mol. The molecule has 0 radical (unpaired) electrons. The van der Waals surface area contributed by atoms with E-state index in [0.29, 0.717) is 0 Å². The zero-order chi connectivity index (χ0) is 9.64. The Balaban J connectivity index is 1.60. The minimum Gasteiger partial charge on any atom is -0.353 e. The van der Waals surface area contributed by atoms with E-state index in [4.69, 9.17) is 9.47 Å². The summed E-state index contributed by atoms with van der Waals surface area (Å²) >= 11 is 2.06. The highest BCUT2D eigenvalue weighted by atomic mass is 32.2. The van der Waals surface area contributed by atoms with Crippen LogP contribution in [-0.4, -0.2) is 55.5 Å². The molecule has 2 saturated heterocycles. The number of rotatable bonds is 3. The summed E-state index contributed by atoms with van der Waals surface area (Å²) in [5, 5.41) is 0. The zero-order valence-corrected chi connectivity index (χ0v) is 9.43. The third-order valence-corrected chi connectivity index (χ3v) is 3.62. The first-order valence-corrected chi connectivity index (χ1v) is 6.64. The SMILES string of the molecule is C1COC(CCN2CCSCC2)OC1. The highest BCUT2D eigenvalue weighted by Gasteiger charge is 2.16. The average molecular weight is 217 g/mol. The quantitative estimate of drug-likeness (QED) is 0.708. The standard InChI is InChI=1S/C10H19NO2S/c1-6-12-10(13-7-1)2-3-11-4-8-14-9-5-11/h10H,1-9H2. The molecule has 2 aliphatic rings. The lowest BCUT2D eigenvalue weighted by molar-refractivity contribution is -0.182. The van der Waals surface area contributed by atoms with E-state index in [0.717, 1.165) is 32.6 Å². The normalized spacial score (nSPS) is 26.6. The minimum atomic E-state index is 0.0679. The molecule has 0 aromatic heterocycles. The number of hydrogen-bond donors (Lipinski definition) is 0. The Labute approximate surface area is 90.1 Å². The molecule has 0 unspecified atom stereocenters. The van der Waals surface area contributed by atoms with Crippen LogP contribution in [0.5, 0.6) is 0 Å². The molecule has 4 heteroatoms. The van der Waals surface area contributed by atoms with Gasteiger partial charge < -0.3 is 14.4 Å². The van der Waals surface area contributed by atoms with Gasteiger partial charge in [0.15, 0.2) is 6.29 Å². The largest absolute Gasteiger partial charge is 0.353 e. The van der Waals surface area contributed by atoms with E-state index >= 15 is 0 Å². The molecule has 0 amide bonds. The molecule has 0 aromatic rings. The van der Waals surface area contributed by atoms with E-state index in [1.54, 1.807) is 0 Å². The van der Waals surface area contributed by atoms with Crippen LogP contribution >= 0.6 is 11.8 Å². The molecule has 0 spiro atoms. The van der Waals surface area contributed by atoms with Crippen molar-refractivity contribution >= 4 is 11.8 Å². The van der Waals surface area contributed by atoms with Crippen molar-refractivity contribution in [3.8, 4) is 0 Å². The van der Waals surface area contributed by atoms with Crippen LogP contribution in [0.1, 0.15) is 12.8 Å². The maximum atomic E-state index is 5.51. The molecule has 2 rings (SSSR count). The molecule has 0 aliphatic carbocycles. The first-order chi connectivity index (χ1) is 6.95. The molecule has 0 N–H and O–H groups in total. The second kappa shape index (κ2) is 5.95. The maximum absolute atomic E-state index is 5.51. The van der Waals surface area contributed by atoms with Gasteiger partial charge in [-0.25, -0.2) is 0 Å². The van der Waals surface area contributed by atoms with Gasteiger partial charge in [-0.3, -0.25) is 0 Å². The van der Waals surface area contributed by atoms with Crippen molar-refractivity contribution in [2.24, 2.45) is 0 Å². The van der Waals surface area contributed by atoms with Crippen LogP contribution in [0, 0.1) is 0 Å². The van der Waals surface area contributed by atoms with E-state index in [9.17, 15) is 0 Å². The maximum Gasteiger partial charge on any atom is 0.158 e. The zero-order valence-electron chi connectivity index (χ0n) is 8.61. The molecule has 0 saturated carbocycles. The van der Waals surface area contributed by atoms with Crippen molar-refractivity contribution in [2.45, 2.75) is 19.1 Å². The van der Waals surface area contributed by atoms with Crippen molar-refractivity contribution in [3.63, 3.8) is 0 Å². The Kier molecular flexibility index (Phi) is 4.57. The lowest BCUT2D eigenvalue weighted by atomic mass is 10.3. The number of thioether (sulfide) groups is 1. The summed E-state index contributed by atoms with van der Waals surface area (Å²) in [7, 11) is 0. The molecule has 14 heavy (non-hydrogen) atoms. The third kappa shape index (κ3) is 3.42. The molecule has 2 aliphatic heterocycles. The average Bonchev–Trinajstić information content (AvgIpc) is 2.29. The highest BCUT2D eigenvalue weighted by molar-refractivity contribution is 7.99. The van der Waals surface area contributed by atoms with Gasteiger partial charge in [0.1, 0.15) is 0 Å². The minimum absolute atomic E-state index is 0.0679. The van der Waals surface area contributed by atoms with E-state index in [-0.39, 0.29) is 6.29 Å². The van der Waals surface area contributed by atoms with Crippen LogP contribution in [0.2, 0.25) is 0 Å². The summed E-state index contributed by atoms with van der Waals surface area (Å²) in [4.78, 5) is 2.51. The molecule has 0 bridgehead atoms. The van der Waals surface area contributed by atoms with Crippen LogP contribution in [0.4, 0.5) is 0 Å². The van der Waals surface area contributed by atoms with Crippen molar-refractivity contribution < 1.29 is 9.47 Å².